The molecule has 1 amide bonds. The molecule has 0 unspecified atom stereocenters. The molecule has 0 spiro atoms. The zero-order chi connectivity index (χ0) is 15.5. The second-order valence-corrected chi connectivity index (χ2v) is 6.30. The van der Waals surface area contributed by atoms with Crippen LogP contribution in [-0.4, -0.2) is 14.3 Å². The molecule has 0 aromatic heterocycles. The first kappa shape index (κ1) is 15.2. The second-order valence-electron chi connectivity index (χ2n) is 4.74. The fraction of sp³-hybridized carbons (Fsp3) is 0.133. The summed E-state index contributed by atoms with van der Waals surface area (Å²) in [6, 6.07) is 13.3. The molecule has 6 heteroatoms. The molecule has 0 aliphatic rings. The minimum atomic E-state index is -3.69. The first-order chi connectivity index (χ1) is 9.86. The van der Waals surface area contributed by atoms with Crippen molar-refractivity contribution in [2.75, 3.05) is 0 Å². The first-order valence-electron chi connectivity index (χ1n) is 6.33. The van der Waals surface area contributed by atoms with Crippen molar-refractivity contribution < 1.29 is 13.2 Å². The van der Waals surface area contributed by atoms with E-state index < -0.39 is 10.0 Å². The Morgan fingerprint density at radius 1 is 1.05 bits per heavy atom. The largest absolute Gasteiger partial charge is 0.348 e. The van der Waals surface area contributed by atoms with Crippen molar-refractivity contribution in [1.29, 1.82) is 0 Å². The quantitative estimate of drug-likeness (QED) is 0.898. The third-order valence-corrected chi connectivity index (χ3v) is 3.95. The topological polar surface area (TPSA) is 89.3 Å². The lowest BCUT2D eigenvalue weighted by Crippen LogP contribution is -2.22. The van der Waals surface area contributed by atoms with Crippen molar-refractivity contribution >= 4 is 15.9 Å². The summed E-state index contributed by atoms with van der Waals surface area (Å²) >= 11 is 0. The van der Waals surface area contributed by atoms with E-state index >= 15 is 0 Å². The van der Waals surface area contributed by atoms with Gasteiger partial charge in [0, 0.05) is 12.1 Å². The van der Waals surface area contributed by atoms with Gasteiger partial charge in [-0.3, -0.25) is 4.79 Å². The highest BCUT2D eigenvalue weighted by atomic mass is 32.2. The number of carbonyl (C=O) groups is 1. The van der Waals surface area contributed by atoms with Crippen molar-refractivity contribution in [3.63, 3.8) is 0 Å². The van der Waals surface area contributed by atoms with Gasteiger partial charge in [-0.15, -0.1) is 0 Å². The van der Waals surface area contributed by atoms with Crippen molar-refractivity contribution in [3.05, 3.63) is 65.2 Å². The monoisotopic (exact) mass is 304 g/mol. The third-order valence-electron chi connectivity index (χ3n) is 3.02. The lowest BCUT2D eigenvalue weighted by molar-refractivity contribution is 0.0951. The molecule has 21 heavy (non-hydrogen) atoms. The summed E-state index contributed by atoms with van der Waals surface area (Å²) in [4.78, 5) is 12.0. The van der Waals surface area contributed by atoms with E-state index in [1.807, 2.05) is 19.1 Å². The summed E-state index contributed by atoms with van der Waals surface area (Å²) in [5.41, 5.74) is 2.47. The normalized spacial score (nSPS) is 11.1. The molecule has 0 radical (unpaired) electrons. The Balaban J connectivity index is 2.00. The van der Waals surface area contributed by atoms with Crippen LogP contribution in [0.3, 0.4) is 0 Å². The van der Waals surface area contributed by atoms with Crippen LogP contribution in [0.1, 0.15) is 21.5 Å². The summed E-state index contributed by atoms with van der Waals surface area (Å²) in [7, 11) is -3.69. The van der Waals surface area contributed by atoms with Crippen LogP contribution in [0.2, 0.25) is 0 Å². The molecule has 0 heterocycles. The Bertz CT molecular complexity index is 735. The van der Waals surface area contributed by atoms with Crippen molar-refractivity contribution in [2.45, 2.75) is 18.4 Å². The molecule has 0 saturated heterocycles. The number of hydrogen-bond donors (Lipinski definition) is 2. The zero-order valence-corrected chi connectivity index (χ0v) is 12.4. The summed E-state index contributed by atoms with van der Waals surface area (Å²) in [5.74, 6) is -0.175. The Labute approximate surface area is 123 Å². The van der Waals surface area contributed by atoms with E-state index in [4.69, 9.17) is 5.14 Å². The number of nitrogens with one attached hydrogen (secondary N) is 1. The van der Waals surface area contributed by atoms with Crippen LogP contribution in [-0.2, 0) is 16.6 Å². The molecular formula is C15H16N2O3S. The van der Waals surface area contributed by atoms with Gasteiger partial charge in [-0.1, -0.05) is 29.8 Å². The lowest BCUT2D eigenvalue weighted by Gasteiger charge is -2.06. The molecule has 0 atom stereocenters. The number of sulfonamides is 1. The second kappa shape index (κ2) is 6.07. The van der Waals surface area contributed by atoms with E-state index in [9.17, 15) is 13.2 Å². The number of hydrogen-bond acceptors (Lipinski definition) is 3. The van der Waals surface area contributed by atoms with Crippen molar-refractivity contribution in [3.8, 4) is 0 Å². The maximum Gasteiger partial charge on any atom is 0.251 e. The van der Waals surface area contributed by atoms with Crippen LogP contribution in [0, 0.1) is 6.92 Å². The van der Waals surface area contributed by atoms with E-state index in [2.05, 4.69) is 5.32 Å². The number of primary sulfonamides is 1. The van der Waals surface area contributed by atoms with Gasteiger partial charge in [0.25, 0.3) is 5.91 Å². The molecule has 0 aliphatic heterocycles. The minimum Gasteiger partial charge on any atom is -0.348 e. The average molecular weight is 304 g/mol. The number of rotatable bonds is 4. The SMILES string of the molecule is Cc1ccc(C(=O)NCc2ccc(S(N)(=O)=O)cc2)cc1. The number of carbonyl (C=O) groups excluding carboxylic acids is 1. The highest BCUT2D eigenvalue weighted by Gasteiger charge is 2.08. The minimum absolute atomic E-state index is 0.0520. The average Bonchev–Trinajstić information content (AvgIpc) is 2.45. The molecular weight excluding hydrogens is 288 g/mol. The fourth-order valence-corrected chi connectivity index (χ4v) is 2.30. The van der Waals surface area contributed by atoms with Crippen LogP contribution >= 0.6 is 0 Å². The van der Waals surface area contributed by atoms with E-state index in [1.165, 1.54) is 12.1 Å². The molecule has 3 N–H and O–H groups in total. The summed E-state index contributed by atoms with van der Waals surface area (Å²) in [6.45, 7) is 2.27. The van der Waals surface area contributed by atoms with Gasteiger partial charge in [-0.2, -0.15) is 0 Å². The molecule has 2 rings (SSSR count). The summed E-state index contributed by atoms with van der Waals surface area (Å²) < 4.78 is 22.3. The molecule has 0 aliphatic carbocycles. The zero-order valence-electron chi connectivity index (χ0n) is 11.5. The number of nitrogens with two attached hydrogens (primary N) is 1. The Morgan fingerprint density at radius 3 is 2.14 bits per heavy atom. The van der Waals surface area contributed by atoms with E-state index in [1.54, 1.807) is 24.3 Å². The molecule has 110 valence electrons. The molecule has 0 bridgehead atoms. The van der Waals surface area contributed by atoms with E-state index in [0.29, 0.717) is 12.1 Å². The number of amides is 1. The predicted octanol–water partition coefficient (Wildman–Crippen LogP) is 1.57. The summed E-state index contributed by atoms with van der Waals surface area (Å²) in [6.07, 6.45) is 0. The Kier molecular flexibility index (Phi) is 4.40. The standard InChI is InChI=1S/C15H16N2O3S/c1-11-2-6-13(7-3-11)15(18)17-10-12-4-8-14(9-5-12)21(16,19)20/h2-9H,10H2,1H3,(H,17,18)(H2,16,19,20). The van der Waals surface area contributed by atoms with Crippen molar-refractivity contribution in [2.24, 2.45) is 5.14 Å². The fourth-order valence-electron chi connectivity index (χ4n) is 1.79. The lowest BCUT2D eigenvalue weighted by atomic mass is 10.1. The van der Waals surface area contributed by atoms with E-state index in [0.717, 1.165) is 11.1 Å². The molecule has 2 aromatic rings. The van der Waals surface area contributed by atoms with Gasteiger partial charge in [0.2, 0.25) is 10.0 Å². The number of benzene rings is 2. The van der Waals surface area contributed by atoms with Gasteiger partial charge in [0.15, 0.2) is 0 Å². The highest BCUT2D eigenvalue weighted by molar-refractivity contribution is 7.89. The third kappa shape index (κ3) is 4.14. The van der Waals surface area contributed by atoms with Crippen LogP contribution < -0.4 is 10.5 Å². The van der Waals surface area contributed by atoms with Gasteiger partial charge in [0.05, 0.1) is 4.90 Å². The molecule has 2 aromatic carbocycles. The van der Waals surface area contributed by atoms with Crippen molar-refractivity contribution in [1.82, 2.24) is 5.32 Å². The van der Waals surface area contributed by atoms with Gasteiger partial charge >= 0.3 is 0 Å². The smallest absolute Gasteiger partial charge is 0.251 e. The predicted molar refractivity (Wildman–Crippen MR) is 80.2 cm³/mol. The van der Waals surface area contributed by atoms with Gasteiger partial charge in [-0.25, -0.2) is 13.6 Å². The molecule has 0 fully saturated rings. The van der Waals surface area contributed by atoms with Crippen LogP contribution in [0.25, 0.3) is 0 Å². The Morgan fingerprint density at radius 2 is 1.62 bits per heavy atom. The van der Waals surface area contributed by atoms with E-state index in [-0.39, 0.29) is 10.8 Å². The Hall–Kier alpha value is -2.18. The highest BCUT2D eigenvalue weighted by Crippen LogP contribution is 2.09. The van der Waals surface area contributed by atoms with Gasteiger partial charge < -0.3 is 5.32 Å². The van der Waals surface area contributed by atoms with Gasteiger partial charge in [0.1, 0.15) is 0 Å². The summed E-state index contributed by atoms with van der Waals surface area (Å²) in [5, 5.41) is 7.79. The van der Waals surface area contributed by atoms with Crippen LogP contribution in [0.15, 0.2) is 53.4 Å². The van der Waals surface area contributed by atoms with Gasteiger partial charge in [-0.05, 0) is 36.8 Å². The maximum absolute atomic E-state index is 11.9. The molecule has 0 saturated carbocycles. The van der Waals surface area contributed by atoms with Crippen LogP contribution in [0.4, 0.5) is 0 Å². The molecule has 5 nitrogen and oxygen atoms in total. The first-order valence-corrected chi connectivity index (χ1v) is 7.87. The maximum atomic E-state index is 11.9. The number of aryl methyl sites for hydroxylation is 1. The van der Waals surface area contributed by atoms with Crippen LogP contribution in [0.5, 0.6) is 0 Å².